The van der Waals surface area contributed by atoms with E-state index in [1.807, 2.05) is 24.3 Å². The number of rotatable bonds is 6. The fourth-order valence-corrected chi connectivity index (χ4v) is 3.58. The Labute approximate surface area is 163 Å². The molecule has 5 heteroatoms. The molecule has 0 aliphatic rings. The first-order chi connectivity index (χ1) is 12.5. The molecule has 26 heavy (non-hydrogen) atoms. The van der Waals surface area contributed by atoms with Crippen molar-refractivity contribution in [2.45, 2.75) is 33.1 Å². The van der Waals surface area contributed by atoms with Crippen LogP contribution in [0.15, 0.2) is 53.5 Å². The zero-order chi connectivity index (χ0) is 18.5. The SMILES string of the molecule is CC(C)Cc1ccc(C(C)c2nnc(/N=C/c3ccc(Cl)cc3)s2)cc1. The van der Waals surface area contributed by atoms with Gasteiger partial charge in [0.15, 0.2) is 0 Å². The Morgan fingerprint density at radius 1 is 1.00 bits per heavy atom. The molecular formula is C21H22ClN3S. The number of aliphatic imine (C=N–C) groups is 1. The zero-order valence-corrected chi connectivity index (χ0v) is 16.8. The summed E-state index contributed by atoms with van der Waals surface area (Å²) in [5, 5.41) is 10.9. The van der Waals surface area contributed by atoms with Gasteiger partial charge >= 0.3 is 0 Å². The number of halogens is 1. The Bertz CT molecular complexity index is 867. The summed E-state index contributed by atoms with van der Waals surface area (Å²) in [6, 6.07) is 16.4. The van der Waals surface area contributed by atoms with Crippen LogP contribution in [0.5, 0.6) is 0 Å². The molecule has 3 aromatic rings. The first-order valence-corrected chi connectivity index (χ1v) is 9.92. The minimum absolute atomic E-state index is 0.208. The first-order valence-electron chi connectivity index (χ1n) is 8.73. The minimum atomic E-state index is 0.208. The van der Waals surface area contributed by atoms with E-state index in [9.17, 15) is 0 Å². The van der Waals surface area contributed by atoms with E-state index in [1.54, 1.807) is 6.21 Å². The summed E-state index contributed by atoms with van der Waals surface area (Å²) in [4.78, 5) is 4.43. The average Bonchev–Trinajstić information content (AvgIpc) is 3.10. The normalized spacial score (nSPS) is 12.8. The summed E-state index contributed by atoms with van der Waals surface area (Å²) in [6.45, 7) is 6.64. The van der Waals surface area contributed by atoms with E-state index in [0.717, 1.165) is 17.0 Å². The quantitative estimate of drug-likeness (QED) is 0.469. The monoisotopic (exact) mass is 383 g/mol. The second-order valence-electron chi connectivity index (χ2n) is 6.79. The van der Waals surface area contributed by atoms with E-state index < -0.39 is 0 Å². The summed E-state index contributed by atoms with van der Waals surface area (Å²) in [5.41, 5.74) is 3.61. The van der Waals surface area contributed by atoms with Crippen LogP contribution in [0, 0.1) is 5.92 Å². The molecule has 0 aliphatic heterocycles. The van der Waals surface area contributed by atoms with Crippen LogP contribution in [0.3, 0.4) is 0 Å². The molecular weight excluding hydrogens is 362 g/mol. The molecule has 0 saturated heterocycles. The maximum Gasteiger partial charge on any atom is 0.231 e. The van der Waals surface area contributed by atoms with Gasteiger partial charge in [0, 0.05) is 17.2 Å². The van der Waals surface area contributed by atoms with Gasteiger partial charge in [0.25, 0.3) is 0 Å². The molecule has 0 aliphatic carbocycles. The predicted octanol–water partition coefficient (Wildman–Crippen LogP) is 6.29. The molecule has 3 nitrogen and oxygen atoms in total. The first kappa shape index (κ1) is 18.7. The van der Waals surface area contributed by atoms with E-state index >= 15 is 0 Å². The Morgan fingerprint density at radius 3 is 2.35 bits per heavy atom. The lowest BCUT2D eigenvalue weighted by molar-refractivity contribution is 0.647. The van der Waals surface area contributed by atoms with Gasteiger partial charge in [-0.1, -0.05) is 80.1 Å². The van der Waals surface area contributed by atoms with Gasteiger partial charge in [-0.25, -0.2) is 4.99 Å². The largest absolute Gasteiger partial charge is 0.231 e. The summed E-state index contributed by atoms with van der Waals surface area (Å²) in [7, 11) is 0. The highest BCUT2D eigenvalue weighted by Gasteiger charge is 2.14. The molecule has 0 radical (unpaired) electrons. The lowest BCUT2D eigenvalue weighted by Crippen LogP contribution is -1.98. The van der Waals surface area contributed by atoms with Gasteiger partial charge in [0.1, 0.15) is 5.01 Å². The van der Waals surface area contributed by atoms with Crippen molar-refractivity contribution in [2.75, 3.05) is 0 Å². The van der Waals surface area contributed by atoms with Crippen molar-refractivity contribution in [3.05, 3.63) is 75.3 Å². The fourth-order valence-electron chi connectivity index (χ4n) is 2.69. The Morgan fingerprint density at radius 2 is 1.69 bits per heavy atom. The smallest absolute Gasteiger partial charge is 0.226 e. The van der Waals surface area contributed by atoms with Crippen LogP contribution in [0.2, 0.25) is 5.02 Å². The topological polar surface area (TPSA) is 38.1 Å². The zero-order valence-electron chi connectivity index (χ0n) is 15.2. The fraction of sp³-hybridized carbons (Fsp3) is 0.286. The van der Waals surface area contributed by atoms with Crippen molar-refractivity contribution < 1.29 is 0 Å². The van der Waals surface area contributed by atoms with Crippen LogP contribution in [-0.4, -0.2) is 16.4 Å². The summed E-state index contributed by atoms with van der Waals surface area (Å²) in [5.74, 6) is 0.877. The van der Waals surface area contributed by atoms with Gasteiger partial charge in [-0.15, -0.1) is 10.2 Å². The van der Waals surface area contributed by atoms with Crippen LogP contribution >= 0.6 is 22.9 Å². The van der Waals surface area contributed by atoms with Gasteiger partial charge in [0.05, 0.1) is 0 Å². The highest BCUT2D eigenvalue weighted by Crippen LogP contribution is 2.30. The van der Waals surface area contributed by atoms with Gasteiger partial charge < -0.3 is 0 Å². The van der Waals surface area contributed by atoms with Crippen LogP contribution in [0.4, 0.5) is 5.13 Å². The van der Waals surface area contributed by atoms with E-state index in [1.165, 1.54) is 22.5 Å². The third kappa shape index (κ3) is 4.99. The van der Waals surface area contributed by atoms with Gasteiger partial charge in [-0.05, 0) is 41.2 Å². The molecule has 1 atom stereocenters. The van der Waals surface area contributed by atoms with E-state index in [2.05, 4.69) is 60.2 Å². The number of benzene rings is 2. The molecule has 1 heterocycles. The molecule has 1 aromatic heterocycles. The maximum absolute atomic E-state index is 5.89. The molecule has 2 aromatic carbocycles. The lowest BCUT2D eigenvalue weighted by atomic mass is 9.97. The van der Waals surface area contributed by atoms with Crippen molar-refractivity contribution in [1.82, 2.24) is 10.2 Å². The highest BCUT2D eigenvalue weighted by molar-refractivity contribution is 7.15. The third-order valence-electron chi connectivity index (χ3n) is 4.12. The van der Waals surface area contributed by atoms with Gasteiger partial charge in [-0.2, -0.15) is 0 Å². The minimum Gasteiger partial charge on any atom is -0.226 e. The molecule has 1 unspecified atom stereocenters. The highest BCUT2D eigenvalue weighted by atomic mass is 35.5. The van der Waals surface area contributed by atoms with E-state index in [4.69, 9.17) is 11.6 Å². The molecule has 0 fully saturated rings. The molecule has 134 valence electrons. The second kappa shape index (κ2) is 8.56. The summed E-state index contributed by atoms with van der Waals surface area (Å²) in [6.07, 6.45) is 2.89. The van der Waals surface area contributed by atoms with Crippen LogP contribution in [0.25, 0.3) is 0 Å². The Balaban J connectivity index is 1.69. The molecule has 0 saturated carbocycles. The number of aromatic nitrogens is 2. The number of hydrogen-bond donors (Lipinski definition) is 0. The van der Waals surface area contributed by atoms with E-state index in [-0.39, 0.29) is 5.92 Å². The number of hydrogen-bond acceptors (Lipinski definition) is 4. The van der Waals surface area contributed by atoms with Crippen molar-refractivity contribution in [3.63, 3.8) is 0 Å². The van der Waals surface area contributed by atoms with Crippen LogP contribution in [0.1, 0.15) is 48.4 Å². The molecule has 0 N–H and O–H groups in total. The van der Waals surface area contributed by atoms with Crippen LogP contribution in [-0.2, 0) is 6.42 Å². The number of nitrogens with zero attached hydrogens (tertiary/aromatic N) is 3. The maximum atomic E-state index is 5.89. The molecule has 3 rings (SSSR count). The summed E-state index contributed by atoms with van der Waals surface area (Å²) < 4.78 is 0. The van der Waals surface area contributed by atoms with Crippen molar-refractivity contribution >= 4 is 34.3 Å². The van der Waals surface area contributed by atoms with Gasteiger partial charge in [-0.3, -0.25) is 0 Å². The standard InChI is InChI=1S/C21H22ClN3S/c1-14(2)12-16-4-8-18(9-5-16)15(3)20-24-25-21(26-20)23-13-17-6-10-19(22)11-7-17/h4-11,13-15H,12H2,1-3H3/b23-13+. The van der Waals surface area contributed by atoms with Crippen molar-refractivity contribution in [3.8, 4) is 0 Å². The molecule has 0 spiro atoms. The predicted molar refractivity (Wildman–Crippen MR) is 111 cm³/mol. The summed E-state index contributed by atoms with van der Waals surface area (Å²) >= 11 is 7.42. The third-order valence-corrected chi connectivity index (χ3v) is 5.38. The molecule has 0 bridgehead atoms. The average molecular weight is 384 g/mol. The Kier molecular flexibility index (Phi) is 6.17. The Hall–Kier alpha value is -2.04. The van der Waals surface area contributed by atoms with Crippen LogP contribution < -0.4 is 0 Å². The second-order valence-corrected chi connectivity index (χ2v) is 8.22. The van der Waals surface area contributed by atoms with Crippen molar-refractivity contribution in [2.24, 2.45) is 10.9 Å². The van der Waals surface area contributed by atoms with Crippen molar-refractivity contribution in [1.29, 1.82) is 0 Å². The van der Waals surface area contributed by atoms with E-state index in [0.29, 0.717) is 16.1 Å². The molecule has 0 amide bonds. The lowest BCUT2D eigenvalue weighted by Gasteiger charge is -2.10. The van der Waals surface area contributed by atoms with Gasteiger partial charge in [0.2, 0.25) is 5.13 Å².